The normalized spacial score (nSPS) is 21.2. The Morgan fingerprint density at radius 1 is 1.28 bits per heavy atom. The van der Waals surface area contributed by atoms with Crippen molar-refractivity contribution in [2.24, 2.45) is 13.0 Å². The third-order valence-electron chi connectivity index (χ3n) is 5.59. The van der Waals surface area contributed by atoms with Crippen molar-refractivity contribution in [3.8, 4) is 0 Å². The predicted molar refractivity (Wildman–Crippen MR) is 98.2 cm³/mol. The zero-order valence-corrected chi connectivity index (χ0v) is 15.2. The van der Waals surface area contributed by atoms with E-state index in [-0.39, 0.29) is 17.3 Å². The summed E-state index contributed by atoms with van der Waals surface area (Å²) in [5, 5.41) is 0.546. The fraction of sp³-hybridized carbons (Fsp3) is 0.550. The van der Waals surface area contributed by atoms with Gasteiger partial charge in [-0.2, -0.15) is 0 Å². The molecule has 2 fully saturated rings. The highest BCUT2D eigenvalue weighted by atomic mass is 16.1. The van der Waals surface area contributed by atoms with Crippen LogP contribution in [0.25, 0.3) is 10.9 Å². The minimum atomic E-state index is -0.0492. The van der Waals surface area contributed by atoms with E-state index < -0.39 is 0 Å². The van der Waals surface area contributed by atoms with Crippen LogP contribution in [0.4, 0.5) is 0 Å². The van der Waals surface area contributed by atoms with Gasteiger partial charge in [-0.1, -0.05) is 0 Å². The van der Waals surface area contributed by atoms with E-state index in [4.69, 9.17) is 4.98 Å². The molecule has 1 atom stereocenters. The molecule has 1 unspecified atom stereocenters. The summed E-state index contributed by atoms with van der Waals surface area (Å²) in [6.07, 6.45) is 3.74. The highest BCUT2D eigenvalue weighted by Gasteiger charge is 2.31. The highest BCUT2D eigenvalue weighted by molar-refractivity contribution is 6.05. The summed E-state index contributed by atoms with van der Waals surface area (Å²) >= 11 is 0. The number of carbonyl (C=O) groups excluding carboxylic acids is 1. The van der Waals surface area contributed by atoms with Crippen LogP contribution in [0.15, 0.2) is 16.9 Å². The van der Waals surface area contributed by atoms with Crippen molar-refractivity contribution < 1.29 is 4.79 Å². The lowest BCUT2D eigenvalue weighted by Crippen LogP contribution is -2.27. The molecular weight excluding hydrogens is 314 g/mol. The molecule has 1 aliphatic carbocycles. The molecule has 1 aliphatic heterocycles. The number of ketones is 1. The fourth-order valence-corrected chi connectivity index (χ4v) is 4.04. The van der Waals surface area contributed by atoms with Crippen molar-refractivity contribution in [3.63, 3.8) is 0 Å². The smallest absolute Gasteiger partial charge is 0.261 e. The number of nitrogens with zero attached hydrogens (tertiary/aromatic N) is 3. The number of benzene rings is 1. The summed E-state index contributed by atoms with van der Waals surface area (Å²) in [7, 11) is 1.81. The molecule has 0 bridgehead atoms. The summed E-state index contributed by atoms with van der Waals surface area (Å²) in [5.41, 5.74) is 1.99. The van der Waals surface area contributed by atoms with Gasteiger partial charge in [0.15, 0.2) is 5.78 Å². The van der Waals surface area contributed by atoms with Crippen LogP contribution in [0.3, 0.4) is 0 Å². The Balaban J connectivity index is 1.78. The molecule has 25 heavy (non-hydrogen) atoms. The fourth-order valence-electron chi connectivity index (χ4n) is 4.04. The maximum Gasteiger partial charge on any atom is 0.261 e. The Kier molecular flexibility index (Phi) is 3.99. The van der Waals surface area contributed by atoms with E-state index in [0.29, 0.717) is 16.5 Å². The molecule has 2 aromatic rings. The summed E-state index contributed by atoms with van der Waals surface area (Å²) in [5.74, 6) is 1.92. The number of aromatic nitrogens is 2. The predicted octanol–water partition coefficient (Wildman–Crippen LogP) is 2.64. The second-order valence-corrected chi connectivity index (χ2v) is 7.79. The Labute approximate surface area is 147 Å². The topological polar surface area (TPSA) is 55.2 Å². The van der Waals surface area contributed by atoms with E-state index >= 15 is 0 Å². The van der Waals surface area contributed by atoms with Crippen molar-refractivity contribution in [1.29, 1.82) is 0 Å². The number of hydrogen-bond donors (Lipinski definition) is 0. The molecule has 1 saturated heterocycles. The molecule has 2 heterocycles. The van der Waals surface area contributed by atoms with E-state index in [0.717, 1.165) is 36.8 Å². The van der Waals surface area contributed by atoms with Crippen LogP contribution < -0.4 is 5.56 Å². The number of carbonyl (C=O) groups is 1. The van der Waals surface area contributed by atoms with Gasteiger partial charge in [-0.25, -0.2) is 4.98 Å². The highest BCUT2D eigenvalue weighted by Crippen LogP contribution is 2.33. The monoisotopic (exact) mass is 339 g/mol. The van der Waals surface area contributed by atoms with Gasteiger partial charge in [0.2, 0.25) is 0 Å². The van der Waals surface area contributed by atoms with E-state index in [2.05, 4.69) is 4.90 Å². The SMILES string of the molecule is CC(=O)c1cc(C)cc2c(=O)n(C)c(C3CCN(CC4CC4)C3)nc12. The van der Waals surface area contributed by atoms with Gasteiger partial charge in [0.1, 0.15) is 5.82 Å². The van der Waals surface area contributed by atoms with Gasteiger partial charge in [-0.3, -0.25) is 14.2 Å². The van der Waals surface area contributed by atoms with Gasteiger partial charge in [-0.15, -0.1) is 0 Å². The third-order valence-corrected chi connectivity index (χ3v) is 5.59. The standard InChI is InChI=1S/C20H25N3O2/c1-12-8-16(13(2)24)18-17(9-12)20(25)22(3)19(21-18)15-6-7-23(11-15)10-14-4-5-14/h8-9,14-15H,4-7,10-11H2,1-3H3. The van der Waals surface area contributed by atoms with E-state index in [9.17, 15) is 9.59 Å². The first-order valence-electron chi connectivity index (χ1n) is 9.18. The molecule has 0 N–H and O–H groups in total. The van der Waals surface area contributed by atoms with Crippen molar-refractivity contribution in [1.82, 2.24) is 14.5 Å². The van der Waals surface area contributed by atoms with Crippen LogP contribution in [0.1, 0.15) is 53.8 Å². The van der Waals surface area contributed by atoms with Gasteiger partial charge in [0.05, 0.1) is 10.9 Å². The van der Waals surface area contributed by atoms with E-state index in [1.165, 1.54) is 19.4 Å². The first kappa shape index (κ1) is 16.5. The lowest BCUT2D eigenvalue weighted by atomic mass is 10.0. The van der Waals surface area contributed by atoms with Crippen LogP contribution in [-0.2, 0) is 7.05 Å². The van der Waals surface area contributed by atoms with Gasteiger partial charge in [-0.05, 0) is 63.3 Å². The summed E-state index contributed by atoms with van der Waals surface area (Å²) in [6, 6.07) is 3.68. The molecule has 0 radical (unpaired) electrons. The van der Waals surface area contributed by atoms with E-state index in [1.807, 2.05) is 26.1 Å². The van der Waals surface area contributed by atoms with Crippen molar-refractivity contribution >= 4 is 16.7 Å². The van der Waals surface area contributed by atoms with Crippen LogP contribution in [0.2, 0.25) is 0 Å². The van der Waals surface area contributed by atoms with E-state index in [1.54, 1.807) is 11.5 Å². The second-order valence-electron chi connectivity index (χ2n) is 7.79. The Morgan fingerprint density at radius 2 is 2.04 bits per heavy atom. The van der Waals surface area contributed by atoms with Crippen molar-refractivity contribution in [3.05, 3.63) is 39.4 Å². The molecule has 5 heteroatoms. The number of hydrogen-bond acceptors (Lipinski definition) is 4. The quantitative estimate of drug-likeness (QED) is 0.804. The lowest BCUT2D eigenvalue weighted by Gasteiger charge is -2.18. The summed E-state index contributed by atoms with van der Waals surface area (Å²) in [6.45, 7) is 6.66. The molecule has 1 aromatic carbocycles. The zero-order valence-electron chi connectivity index (χ0n) is 15.2. The summed E-state index contributed by atoms with van der Waals surface area (Å²) < 4.78 is 1.69. The lowest BCUT2D eigenvalue weighted by molar-refractivity contribution is 0.101. The molecule has 0 spiro atoms. The van der Waals surface area contributed by atoms with Crippen LogP contribution in [0, 0.1) is 12.8 Å². The average Bonchev–Trinajstić information content (AvgIpc) is 3.26. The summed E-state index contributed by atoms with van der Waals surface area (Å²) in [4.78, 5) is 32.3. The van der Waals surface area contributed by atoms with Gasteiger partial charge in [0.25, 0.3) is 5.56 Å². The second kappa shape index (κ2) is 6.06. The first-order valence-corrected chi connectivity index (χ1v) is 9.18. The van der Waals surface area contributed by atoms with Gasteiger partial charge in [0, 0.05) is 31.6 Å². The average molecular weight is 339 g/mol. The number of aryl methyl sites for hydroxylation is 1. The zero-order chi connectivity index (χ0) is 17.7. The van der Waals surface area contributed by atoms with Crippen LogP contribution >= 0.6 is 0 Å². The molecule has 4 rings (SSSR count). The Morgan fingerprint density at radius 3 is 2.72 bits per heavy atom. The van der Waals surface area contributed by atoms with Crippen molar-refractivity contribution in [2.75, 3.05) is 19.6 Å². The molecule has 1 saturated carbocycles. The van der Waals surface area contributed by atoms with Crippen LogP contribution in [0.5, 0.6) is 0 Å². The van der Waals surface area contributed by atoms with Gasteiger partial charge >= 0.3 is 0 Å². The van der Waals surface area contributed by atoms with Crippen molar-refractivity contribution in [2.45, 2.75) is 39.0 Å². The maximum atomic E-state index is 12.9. The van der Waals surface area contributed by atoms with Crippen LogP contribution in [-0.4, -0.2) is 39.9 Å². The number of rotatable bonds is 4. The minimum absolute atomic E-state index is 0.0396. The number of Topliss-reactive ketones (excluding diaryl/α,β-unsaturated/α-hetero) is 1. The number of fused-ring (bicyclic) bond motifs is 1. The minimum Gasteiger partial charge on any atom is -0.302 e. The Bertz CT molecular complexity index is 911. The molecule has 0 amide bonds. The Hall–Kier alpha value is -2.01. The maximum absolute atomic E-state index is 12.9. The third kappa shape index (κ3) is 3.01. The molecular formula is C20H25N3O2. The first-order chi connectivity index (χ1) is 11.9. The number of likely N-dealkylation sites (tertiary alicyclic amines) is 1. The largest absolute Gasteiger partial charge is 0.302 e. The molecule has 1 aromatic heterocycles. The molecule has 2 aliphatic rings. The molecule has 5 nitrogen and oxygen atoms in total. The van der Waals surface area contributed by atoms with Gasteiger partial charge < -0.3 is 4.90 Å². The molecule has 132 valence electrons.